The summed E-state index contributed by atoms with van der Waals surface area (Å²) in [7, 11) is 0. The highest BCUT2D eigenvalue weighted by atomic mass is 35.5. The molecule has 0 amide bonds. The molecule has 0 aliphatic heterocycles. The number of hydrogen-bond donors (Lipinski definition) is 0. The van der Waals surface area contributed by atoms with Gasteiger partial charge < -0.3 is 4.74 Å². The van der Waals surface area contributed by atoms with E-state index in [9.17, 15) is 13.2 Å². The zero-order chi connectivity index (χ0) is 12.9. The molecule has 0 unspecified atom stereocenters. The van der Waals surface area contributed by atoms with Crippen LogP contribution in [0.5, 0.6) is 5.75 Å². The van der Waals surface area contributed by atoms with Crippen LogP contribution in [0, 0.1) is 6.92 Å². The van der Waals surface area contributed by atoms with Gasteiger partial charge >= 0.3 is 6.18 Å². The van der Waals surface area contributed by atoms with E-state index in [0.29, 0.717) is 5.75 Å². The number of hydrogen-bond acceptors (Lipinski definition) is 1. The molecule has 0 radical (unpaired) electrons. The van der Waals surface area contributed by atoms with Crippen LogP contribution in [0.4, 0.5) is 13.2 Å². The van der Waals surface area contributed by atoms with E-state index < -0.39 is 12.6 Å². The Morgan fingerprint density at radius 1 is 1.29 bits per heavy atom. The zero-order valence-electron chi connectivity index (χ0n) is 9.48. The van der Waals surface area contributed by atoms with Gasteiger partial charge in [-0.25, -0.2) is 0 Å². The molecule has 0 saturated carbocycles. The van der Waals surface area contributed by atoms with E-state index in [2.05, 4.69) is 0 Å². The summed E-state index contributed by atoms with van der Waals surface area (Å²) in [5.41, 5.74) is 1.85. The van der Waals surface area contributed by atoms with Crippen molar-refractivity contribution in [3.05, 3.63) is 29.3 Å². The molecule has 0 spiro atoms. The van der Waals surface area contributed by atoms with Crippen LogP contribution in [-0.4, -0.2) is 12.8 Å². The predicted molar refractivity (Wildman–Crippen MR) is 61.5 cm³/mol. The summed E-state index contributed by atoms with van der Waals surface area (Å²) in [5.74, 6) is 0.851. The van der Waals surface area contributed by atoms with Crippen LogP contribution in [0.15, 0.2) is 18.2 Å². The number of ether oxygens (including phenoxy) is 1. The summed E-state index contributed by atoms with van der Waals surface area (Å²) in [6, 6.07) is 5.45. The number of aryl methyl sites for hydroxylation is 1. The molecule has 0 atom stereocenters. The molecule has 96 valence electrons. The summed E-state index contributed by atoms with van der Waals surface area (Å²) in [6.45, 7) is 1.97. The lowest BCUT2D eigenvalue weighted by Crippen LogP contribution is -2.10. The fourth-order valence-electron chi connectivity index (χ4n) is 1.41. The summed E-state index contributed by atoms with van der Waals surface area (Å²) in [6.07, 6.45) is -4.99. The lowest BCUT2D eigenvalue weighted by atomic mass is 10.1. The van der Waals surface area contributed by atoms with Crippen molar-refractivity contribution in [1.29, 1.82) is 0 Å². The summed E-state index contributed by atoms with van der Waals surface area (Å²) in [4.78, 5) is 0. The van der Waals surface area contributed by atoms with Crippen LogP contribution in [0.3, 0.4) is 0 Å². The van der Waals surface area contributed by atoms with E-state index in [-0.39, 0.29) is 18.9 Å². The van der Waals surface area contributed by atoms with Crippen LogP contribution < -0.4 is 4.74 Å². The van der Waals surface area contributed by atoms with Crippen LogP contribution in [0.25, 0.3) is 0 Å². The second kappa shape index (κ2) is 6.15. The molecule has 0 bridgehead atoms. The molecule has 0 aliphatic rings. The van der Waals surface area contributed by atoms with Crippen molar-refractivity contribution in [2.75, 3.05) is 6.61 Å². The minimum absolute atomic E-state index is 0.0426. The van der Waals surface area contributed by atoms with Gasteiger partial charge in [-0.3, -0.25) is 0 Å². The van der Waals surface area contributed by atoms with Crippen LogP contribution in [0.2, 0.25) is 0 Å². The highest BCUT2D eigenvalue weighted by Gasteiger charge is 2.26. The molecule has 0 aliphatic carbocycles. The highest BCUT2D eigenvalue weighted by Crippen LogP contribution is 2.24. The van der Waals surface area contributed by atoms with E-state index in [4.69, 9.17) is 16.3 Å². The van der Waals surface area contributed by atoms with Crippen molar-refractivity contribution >= 4 is 11.6 Å². The topological polar surface area (TPSA) is 9.23 Å². The molecule has 0 heterocycles. The smallest absolute Gasteiger partial charge is 0.389 e. The Kier molecular flexibility index (Phi) is 5.12. The van der Waals surface area contributed by atoms with Gasteiger partial charge in [-0.1, -0.05) is 17.7 Å². The molecule has 5 heteroatoms. The van der Waals surface area contributed by atoms with E-state index in [1.54, 1.807) is 6.07 Å². The first-order valence-corrected chi connectivity index (χ1v) is 5.81. The summed E-state index contributed by atoms with van der Waals surface area (Å²) in [5, 5.41) is 0. The fourth-order valence-corrected chi connectivity index (χ4v) is 1.62. The van der Waals surface area contributed by atoms with Gasteiger partial charge in [0, 0.05) is 12.0 Å². The first-order valence-electron chi connectivity index (χ1n) is 5.27. The maximum atomic E-state index is 11.9. The van der Waals surface area contributed by atoms with Crippen molar-refractivity contribution in [1.82, 2.24) is 0 Å². The standard InChI is InChI=1S/C12H14ClF3O/c1-9-3-4-11(10(7-9)8-13)17-6-2-5-12(14,15)16/h3-4,7H,2,5-6,8H2,1H3. The third-order valence-corrected chi connectivity index (χ3v) is 2.51. The lowest BCUT2D eigenvalue weighted by molar-refractivity contribution is -0.136. The summed E-state index contributed by atoms with van der Waals surface area (Å²) < 4.78 is 41.0. The van der Waals surface area contributed by atoms with Gasteiger partial charge in [-0.15, -0.1) is 11.6 Å². The Labute approximate surface area is 104 Å². The van der Waals surface area contributed by atoms with E-state index in [0.717, 1.165) is 11.1 Å². The number of benzene rings is 1. The number of alkyl halides is 4. The van der Waals surface area contributed by atoms with Crippen molar-refractivity contribution in [2.24, 2.45) is 0 Å². The maximum Gasteiger partial charge on any atom is 0.389 e. The van der Waals surface area contributed by atoms with Crippen LogP contribution in [0.1, 0.15) is 24.0 Å². The van der Waals surface area contributed by atoms with Gasteiger partial charge in [-0.2, -0.15) is 13.2 Å². The van der Waals surface area contributed by atoms with Gasteiger partial charge in [-0.05, 0) is 19.4 Å². The first kappa shape index (κ1) is 14.2. The second-order valence-electron chi connectivity index (χ2n) is 3.81. The van der Waals surface area contributed by atoms with Crippen LogP contribution >= 0.6 is 11.6 Å². The Bertz CT molecular complexity index is 363. The Hall–Kier alpha value is -0.900. The van der Waals surface area contributed by atoms with Crippen molar-refractivity contribution < 1.29 is 17.9 Å². The highest BCUT2D eigenvalue weighted by molar-refractivity contribution is 6.17. The molecule has 0 N–H and O–H groups in total. The van der Waals surface area contributed by atoms with Gasteiger partial charge in [0.2, 0.25) is 0 Å². The van der Waals surface area contributed by atoms with Gasteiger partial charge in [0.15, 0.2) is 0 Å². The maximum absolute atomic E-state index is 11.9. The third-order valence-electron chi connectivity index (χ3n) is 2.22. The minimum Gasteiger partial charge on any atom is -0.493 e. The van der Waals surface area contributed by atoms with Crippen molar-refractivity contribution in [2.45, 2.75) is 31.8 Å². The molecule has 1 aromatic rings. The average Bonchev–Trinajstić information content (AvgIpc) is 2.24. The first-order chi connectivity index (χ1) is 7.92. The second-order valence-corrected chi connectivity index (χ2v) is 4.08. The van der Waals surface area contributed by atoms with Gasteiger partial charge in [0.25, 0.3) is 0 Å². The number of halogens is 4. The molecule has 1 aromatic carbocycles. The molecule has 0 saturated heterocycles. The molecule has 1 nitrogen and oxygen atoms in total. The van der Waals surface area contributed by atoms with Crippen molar-refractivity contribution in [3.8, 4) is 5.75 Å². The fraction of sp³-hybridized carbons (Fsp3) is 0.500. The van der Waals surface area contributed by atoms with Crippen molar-refractivity contribution in [3.63, 3.8) is 0 Å². The molecule has 0 aromatic heterocycles. The molecule has 17 heavy (non-hydrogen) atoms. The average molecular weight is 267 g/mol. The Balaban J connectivity index is 2.46. The lowest BCUT2D eigenvalue weighted by Gasteiger charge is -2.11. The monoisotopic (exact) mass is 266 g/mol. The van der Waals surface area contributed by atoms with Gasteiger partial charge in [0.05, 0.1) is 12.5 Å². The third kappa shape index (κ3) is 5.31. The van der Waals surface area contributed by atoms with E-state index in [1.807, 2.05) is 19.1 Å². The largest absolute Gasteiger partial charge is 0.493 e. The molecular weight excluding hydrogens is 253 g/mol. The quantitative estimate of drug-likeness (QED) is 0.565. The zero-order valence-corrected chi connectivity index (χ0v) is 10.2. The predicted octanol–water partition coefficient (Wildman–Crippen LogP) is 4.46. The van der Waals surface area contributed by atoms with Gasteiger partial charge in [0.1, 0.15) is 5.75 Å². The Morgan fingerprint density at radius 3 is 2.59 bits per heavy atom. The summed E-state index contributed by atoms with van der Waals surface area (Å²) >= 11 is 5.73. The molecule has 0 fully saturated rings. The SMILES string of the molecule is Cc1ccc(OCCCC(F)(F)F)c(CCl)c1. The van der Waals surface area contributed by atoms with E-state index in [1.165, 1.54) is 0 Å². The number of rotatable bonds is 5. The normalized spacial score (nSPS) is 11.6. The Morgan fingerprint density at radius 2 is 2.00 bits per heavy atom. The minimum atomic E-state index is -4.12. The molecule has 1 rings (SSSR count). The van der Waals surface area contributed by atoms with E-state index >= 15 is 0 Å². The molecular formula is C12H14ClF3O. The van der Waals surface area contributed by atoms with Crippen LogP contribution in [-0.2, 0) is 5.88 Å².